The average molecular weight is 467 g/mol. The van der Waals surface area contributed by atoms with Crippen LogP contribution in [0.2, 0.25) is 0 Å². The number of rotatable bonds is 9. The third-order valence-corrected chi connectivity index (χ3v) is 5.67. The molecule has 0 spiro atoms. The Labute approximate surface area is 196 Å². The van der Waals surface area contributed by atoms with Gasteiger partial charge in [0.15, 0.2) is 5.65 Å². The fourth-order valence-corrected chi connectivity index (χ4v) is 3.89. The van der Waals surface area contributed by atoms with E-state index in [4.69, 9.17) is 16.3 Å². The van der Waals surface area contributed by atoms with Gasteiger partial charge >= 0.3 is 5.97 Å². The highest BCUT2D eigenvalue weighted by molar-refractivity contribution is 6.20. The van der Waals surface area contributed by atoms with Crippen molar-refractivity contribution in [3.05, 3.63) is 89.5 Å². The van der Waals surface area contributed by atoms with E-state index in [1.54, 1.807) is 29.9 Å². The Kier molecular flexibility index (Phi) is 7.19. The first kappa shape index (κ1) is 22.7. The third kappa shape index (κ3) is 5.31. The number of alkyl halides is 1. The van der Waals surface area contributed by atoms with Crippen LogP contribution in [0.4, 0.5) is 10.1 Å². The maximum atomic E-state index is 13.2. The van der Waals surface area contributed by atoms with Crippen molar-refractivity contribution in [2.24, 2.45) is 0 Å². The molecule has 0 aliphatic rings. The summed E-state index contributed by atoms with van der Waals surface area (Å²) in [6.45, 7) is 2.98. The number of anilines is 1. The van der Waals surface area contributed by atoms with E-state index >= 15 is 0 Å². The molecule has 0 saturated carbocycles. The van der Waals surface area contributed by atoms with Crippen LogP contribution in [0.25, 0.3) is 11.0 Å². The van der Waals surface area contributed by atoms with Crippen molar-refractivity contribution in [1.82, 2.24) is 14.8 Å². The number of carbonyl (C=O) groups excluding carboxylic acids is 1. The summed E-state index contributed by atoms with van der Waals surface area (Å²) >= 11 is 6.62. The predicted octanol–water partition coefficient (Wildman–Crippen LogP) is 5.38. The molecular formula is C25H24ClFN4O2. The first-order valence-corrected chi connectivity index (χ1v) is 11.2. The van der Waals surface area contributed by atoms with E-state index < -0.39 is 5.97 Å². The molecule has 2 heterocycles. The molecule has 1 atom stereocenters. The third-order valence-electron chi connectivity index (χ3n) is 5.28. The van der Waals surface area contributed by atoms with E-state index in [9.17, 15) is 9.18 Å². The number of benzene rings is 2. The average Bonchev–Trinajstić information content (AvgIpc) is 3.24. The molecule has 0 saturated heterocycles. The summed E-state index contributed by atoms with van der Waals surface area (Å²) in [4.78, 5) is 17.0. The second-order valence-corrected chi connectivity index (χ2v) is 8.04. The minimum absolute atomic E-state index is 0.260. The quantitative estimate of drug-likeness (QED) is 0.265. The second-order valence-electron chi connectivity index (χ2n) is 7.51. The van der Waals surface area contributed by atoms with E-state index in [2.05, 4.69) is 15.4 Å². The Hall–Kier alpha value is -3.45. The highest BCUT2D eigenvalue weighted by Gasteiger charge is 2.20. The lowest BCUT2D eigenvalue weighted by Gasteiger charge is -2.14. The molecule has 2 aromatic heterocycles. The van der Waals surface area contributed by atoms with Crippen molar-refractivity contribution in [3.63, 3.8) is 0 Å². The number of halogens is 2. The Morgan fingerprint density at radius 1 is 1.15 bits per heavy atom. The summed E-state index contributed by atoms with van der Waals surface area (Å²) in [5.41, 5.74) is 3.54. The highest BCUT2D eigenvalue weighted by atomic mass is 35.5. The maximum absolute atomic E-state index is 13.2. The molecule has 0 radical (unpaired) electrons. The van der Waals surface area contributed by atoms with Gasteiger partial charge in [-0.05, 0) is 36.6 Å². The van der Waals surface area contributed by atoms with E-state index in [0.717, 1.165) is 11.1 Å². The number of esters is 1. The molecule has 33 heavy (non-hydrogen) atoms. The normalized spacial score (nSPS) is 12.0. The molecule has 0 unspecified atom stereocenters. The lowest BCUT2D eigenvalue weighted by molar-refractivity contribution is 0.0527. The summed E-state index contributed by atoms with van der Waals surface area (Å²) in [7, 11) is 0. The zero-order chi connectivity index (χ0) is 23.2. The minimum Gasteiger partial charge on any atom is -0.462 e. The van der Waals surface area contributed by atoms with Gasteiger partial charge in [-0.15, -0.1) is 11.6 Å². The van der Waals surface area contributed by atoms with Gasteiger partial charge in [-0.1, -0.05) is 42.5 Å². The van der Waals surface area contributed by atoms with Crippen LogP contribution >= 0.6 is 11.6 Å². The van der Waals surface area contributed by atoms with Gasteiger partial charge in [-0.3, -0.25) is 0 Å². The SMILES string of the molecule is CCOC(=O)c1cnc2c(cnn2C[C@@H](Cl)c2ccccc2)c1NCCc1ccc(F)cc1. The first-order chi connectivity index (χ1) is 16.1. The summed E-state index contributed by atoms with van der Waals surface area (Å²) in [6, 6.07) is 16.1. The van der Waals surface area contributed by atoms with E-state index in [1.165, 1.54) is 18.3 Å². The number of hydrogen-bond acceptors (Lipinski definition) is 5. The molecule has 0 aliphatic heterocycles. The van der Waals surface area contributed by atoms with Gasteiger partial charge in [0, 0.05) is 12.7 Å². The van der Waals surface area contributed by atoms with Gasteiger partial charge in [-0.25, -0.2) is 18.9 Å². The number of nitrogens with one attached hydrogen (secondary N) is 1. The molecule has 0 aliphatic carbocycles. The van der Waals surface area contributed by atoms with E-state index in [-0.39, 0.29) is 17.8 Å². The van der Waals surface area contributed by atoms with Gasteiger partial charge in [0.25, 0.3) is 0 Å². The first-order valence-electron chi connectivity index (χ1n) is 10.8. The fourth-order valence-electron chi connectivity index (χ4n) is 3.62. The smallest absolute Gasteiger partial charge is 0.341 e. The molecule has 4 aromatic rings. The molecule has 8 heteroatoms. The number of hydrogen-bond donors (Lipinski definition) is 1. The van der Waals surface area contributed by atoms with Gasteiger partial charge in [-0.2, -0.15) is 5.10 Å². The van der Waals surface area contributed by atoms with Crippen molar-refractivity contribution >= 4 is 34.3 Å². The Bertz CT molecular complexity index is 1230. The number of nitrogens with zero attached hydrogens (tertiary/aromatic N) is 3. The molecule has 2 aromatic carbocycles. The number of pyridine rings is 1. The van der Waals surface area contributed by atoms with Gasteiger partial charge in [0.2, 0.25) is 0 Å². The molecule has 4 rings (SSSR count). The fraction of sp³-hybridized carbons (Fsp3) is 0.240. The van der Waals surface area contributed by atoms with Crippen molar-refractivity contribution in [2.45, 2.75) is 25.3 Å². The van der Waals surface area contributed by atoms with Crippen molar-refractivity contribution < 1.29 is 13.9 Å². The zero-order valence-corrected chi connectivity index (χ0v) is 18.9. The summed E-state index contributed by atoms with van der Waals surface area (Å²) in [6.07, 6.45) is 3.84. The van der Waals surface area contributed by atoms with Gasteiger partial charge in [0.1, 0.15) is 11.4 Å². The van der Waals surface area contributed by atoms with Crippen LogP contribution in [-0.2, 0) is 17.7 Å². The standard InChI is InChI=1S/C25H24ClFN4O2/c1-2-33-25(32)21-14-29-24-20(23(21)28-13-12-17-8-10-19(27)11-9-17)15-30-31(24)16-22(26)18-6-4-3-5-7-18/h3-11,14-15,22H,2,12-13,16H2,1H3,(H,28,29)/t22-/m1/s1. The monoisotopic (exact) mass is 466 g/mol. The van der Waals surface area contributed by atoms with Crippen LogP contribution in [-0.4, -0.2) is 33.9 Å². The topological polar surface area (TPSA) is 69.0 Å². The van der Waals surface area contributed by atoms with Crippen LogP contribution in [0.3, 0.4) is 0 Å². The Balaban J connectivity index is 1.61. The second kappa shape index (κ2) is 10.4. The van der Waals surface area contributed by atoms with Crippen molar-refractivity contribution in [1.29, 1.82) is 0 Å². The molecule has 170 valence electrons. The Morgan fingerprint density at radius 3 is 2.64 bits per heavy atom. The van der Waals surface area contributed by atoms with Crippen LogP contribution in [0.5, 0.6) is 0 Å². The number of aromatic nitrogens is 3. The zero-order valence-electron chi connectivity index (χ0n) is 18.2. The lowest BCUT2D eigenvalue weighted by atomic mass is 10.1. The van der Waals surface area contributed by atoms with Crippen molar-refractivity contribution in [2.75, 3.05) is 18.5 Å². The molecule has 0 amide bonds. The molecule has 0 bridgehead atoms. The van der Waals surface area contributed by atoms with Crippen LogP contribution in [0.15, 0.2) is 67.0 Å². The lowest BCUT2D eigenvalue weighted by Crippen LogP contribution is -2.13. The minimum atomic E-state index is -0.455. The molecule has 6 nitrogen and oxygen atoms in total. The van der Waals surface area contributed by atoms with Gasteiger partial charge < -0.3 is 10.1 Å². The van der Waals surface area contributed by atoms with Crippen LogP contribution in [0.1, 0.15) is 33.8 Å². The van der Waals surface area contributed by atoms with Crippen LogP contribution in [0, 0.1) is 5.82 Å². The van der Waals surface area contributed by atoms with E-state index in [1.807, 2.05) is 30.3 Å². The number of carbonyl (C=O) groups is 1. The van der Waals surface area contributed by atoms with E-state index in [0.29, 0.717) is 41.8 Å². The molecule has 1 N–H and O–H groups in total. The summed E-state index contributed by atoms with van der Waals surface area (Å²) in [5.74, 6) is -0.726. The highest BCUT2D eigenvalue weighted by Crippen LogP contribution is 2.29. The van der Waals surface area contributed by atoms with Gasteiger partial charge in [0.05, 0.1) is 35.8 Å². The number of ether oxygens (including phenoxy) is 1. The Morgan fingerprint density at radius 2 is 1.91 bits per heavy atom. The molecular weight excluding hydrogens is 443 g/mol. The largest absolute Gasteiger partial charge is 0.462 e. The molecule has 0 fully saturated rings. The maximum Gasteiger partial charge on any atom is 0.341 e. The summed E-state index contributed by atoms with van der Waals surface area (Å²) < 4.78 is 20.1. The summed E-state index contributed by atoms with van der Waals surface area (Å²) in [5, 5.41) is 8.24. The van der Waals surface area contributed by atoms with Crippen molar-refractivity contribution in [3.8, 4) is 0 Å². The predicted molar refractivity (Wildman–Crippen MR) is 127 cm³/mol. The van der Waals surface area contributed by atoms with Crippen LogP contribution < -0.4 is 5.32 Å². The number of fused-ring (bicyclic) bond motifs is 1.